The zero-order valence-electron chi connectivity index (χ0n) is 12.7. The van der Waals surface area contributed by atoms with Gasteiger partial charge in [-0.2, -0.15) is 4.98 Å². The molecule has 0 aromatic carbocycles. The van der Waals surface area contributed by atoms with Crippen LogP contribution in [0.1, 0.15) is 47.7 Å². The molecule has 0 spiro atoms. The molecule has 0 atom stereocenters. The number of rotatable bonds is 5. The number of carbonyl (C=O) groups is 1. The van der Waals surface area contributed by atoms with Gasteiger partial charge in [0.05, 0.1) is 5.56 Å². The molecule has 0 aliphatic heterocycles. The molecular weight excluding hydrogens is 270 g/mol. The van der Waals surface area contributed by atoms with Gasteiger partial charge in [0, 0.05) is 45.2 Å². The first-order valence-electron chi connectivity index (χ1n) is 6.84. The number of hydrogen-bond acceptors (Lipinski definition) is 6. The highest BCUT2D eigenvalue weighted by Gasteiger charge is 2.14. The predicted molar refractivity (Wildman–Crippen MR) is 75.8 cm³/mol. The topological polar surface area (TPSA) is 85.0 Å². The van der Waals surface area contributed by atoms with Crippen LogP contribution in [0, 0.1) is 6.92 Å². The monoisotopic (exact) mass is 289 g/mol. The molecule has 0 saturated heterocycles. The van der Waals surface area contributed by atoms with E-state index in [4.69, 9.17) is 4.52 Å². The van der Waals surface area contributed by atoms with E-state index >= 15 is 0 Å². The third-order valence-electron chi connectivity index (χ3n) is 3.02. The van der Waals surface area contributed by atoms with Crippen LogP contribution in [-0.2, 0) is 6.42 Å². The second-order valence-electron chi connectivity index (χ2n) is 5.19. The quantitative estimate of drug-likeness (QED) is 0.831. The first kappa shape index (κ1) is 15.1. The van der Waals surface area contributed by atoms with E-state index in [-0.39, 0.29) is 11.8 Å². The van der Waals surface area contributed by atoms with Gasteiger partial charge in [-0.3, -0.25) is 4.79 Å². The maximum Gasteiger partial charge on any atom is 0.256 e. The third kappa shape index (κ3) is 3.84. The van der Waals surface area contributed by atoms with E-state index in [2.05, 4.69) is 20.1 Å². The number of aromatic nitrogens is 4. The minimum atomic E-state index is -0.120. The minimum Gasteiger partial charge on any atom is -0.341 e. The van der Waals surface area contributed by atoms with E-state index in [1.807, 2.05) is 13.8 Å². The number of amides is 1. The first-order valence-corrected chi connectivity index (χ1v) is 6.84. The van der Waals surface area contributed by atoms with Crippen LogP contribution in [-0.4, -0.2) is 44.5 Å². The third-order valence-corrected chi connectivity index (χ3v) is 3.02. The summed E-state index contributed by atoms with van der Waals surface area (Å²) in [6.07, 6.45) is 3.68. The Bertz CT molecular complexity index is 606. The molecule has 21 heavy (non-hydrogen) atoms. The smallest absolute Gasteiger partial charge is 0.256 e. The van der Waals surface area contributed by atoms with Gasteiger partial charge >= 0.3 is 0 Å². The average molecular weight is 289 g/mol. The molecule has 0 N–H and O–H groups in total. The van der Waals surface area contributed by atoms with Crippen LogP contribution in [0.15, 0.2) is 16.9 Å². The van der Waals surface area contributed by atoms with Crippen molar-refractivity contribution in [3.05, 3.63) is 35.5 Å². The standard InChI is InChI=1S/C14H19N5O2/c1-9(2)13-15-7-11(8-16-13)14(20)19(4)6-5-12-17-10(3)21-18-12/h7-9H,5-6H2,1-4H3. The lowest BCUT2D eigenvalue weighted by Crippen LogP contribution is -2.29. The summed E-state index contributed by atoms with van der Waals surface area (Å²) in [5.74, 6) is 1.98. The SMILES string of the molecule is Cc1nc(CCN(C)C(=O)c2cnc(C(C)C)nc2)no1. The molecule has 0 unspecified atom stereocenters. The summed E-state index contributed by atoms with van der Waals surface area (Å²) in [6.45, 7) is 6.26. The van der Waals surface area contributed by atoms with Crippen molar-refractivity contribution in [2.24, 2.45) is 0 Å². The van der Waals surface area contributed by atoms with Gasteiger partial charge in [0.1, 0.15) is 5.82 Å². The molecule has 0 aliphatic rings. The Balaban J connectivity index is 1.95. The summed E-state index contributed by atoms with van der Waals surface area (Å²) in [4.78, 5) is 26.3. The van der Waals surface area contributed by atoms with Crippen molar-refractivity contribution in [1.82, 2.24) is 25.0 Å². The Morgan fingerprint density at radius 2 is 2.00 bits per heavy atom. The molecule has 0 aliphatic carbocycles. The highest BCUT2D eigenvalue weighted by molar-refractivity contribution is 5.93. The van der Waals surface area contributed by atoms with Crippen LogP contribution in [0.3, 0.4) is 0 Å². The molecule has 7 heteroatoms. The fourth-order valence-electron chi connectivity index (χ4n) is 1.78. The molecule has 1 amide bonds. The Labute approximate surface area is 123 Å². The van der Waals surface area contributed by atoms with Gasteiger partial charge in [0.2, 0.25) is 5.89 Å². The molecule has 0 bridgehead atoms. The molecule has 0 radical (unpaired) electrons. The number of nitrogens with zero attached hydrogens (tertiary/aromatic N) is 5. The Hall–Kier alpha value is -2.31. The minimum absolute atomic E-state index is 0.120. The summed E-state index contributed by atoms with van der Waals surface area (Å²) in [5, 5.41) is 3.80. The van der Waals surface area contributed by atoms with Crippen molar-refractivity contribution in [1.29, 1.82) is 0 Å². The molecule has 112 valence electrons. The Morgan fingerprint density at radius 1 is 1.33 bits per heavy atom. The summed E-state index contributed by atoms with van der Waals surface area (Å²) < 4.78 is 4.89. The average Bonchev–Trinajstić information content (AvgIpc) is 2.89. The maximum absolute atomic E-state index is 12.2. The number of aryl methyl sites for hydroxylation is 1. The van der Waals surface area contributed by atoms with Crippen molar-refractivity contribution < 1.29 is 9.32 Å². The zero-order valence-corrected chi connectivity index (χ0v) is 12.7. The lowest BCUT2D eigenvalue weighted by Gasteiger charge is -2.16. The zero-order chi connectivity index (χ0) is 15.4. The normalized spacial score (nSPS) is 10.9. The van der Waals surface area contributed by atoms with Gasteiger partial charge in [-0.05, 0) is 0 Å². The molecule has 0 saturated carbocycles. The highest BCUT2D eigenvalue weighted by atomic mass is 16.5. The molecule has 0 fully saturated rings. The summed E-state index contributed by atoms with van der Waals surface area (Å²) in [5.41, 5.74) is 0.478. The fourth-order valence-corrected chi connectivity index (χ4v) is 1.78. The largest absolute Gasteiger partial charge is 0.341 e. The molecular formula is C14H19N5O2. The van der Waals surface area contributed by atoms with Crippen molar-refractivity contribution in [3.8, 4) is 0 Å². The van der Waals surface area contributed by atoms with Gasteiger partial charge in [-0.25, -0.2) is 9.97 Å². The lowest BCUT2D eigenvalue weighted by atomic mass is 10.2. The summed E-state index contributed by atoms with van der Waals surface area (Å²) in [6, 6.07) is 0. The van der Waals surface area contributed by atoms with Crippen molar-refractivity contribution in [3.63, 3.8) is 0 Å². The molecule has 2 heterocycles. The van der Waals surface area contributed by atoms with Crippen LogP contribution >= 0.6 is 0 Å². The fraction of sp³-hybridized carbons (Fsp3) is 0.500. The highest BCUT2D eigenvalue weighted by Crippen LogP contribution is 2.09. The van der Waals surface area contributed by atoms with E-state index in [1.165, 1.54) is 0 Å². The van der Waals surface area contributed by atoms with Crippen molar-refractivity contribution in [2.45, 2.75) is 33.1 Å². The lowest BCUT2D eigenvalue weighted by molar-refractivity contribution is 0.0795. The van der Waals surface area contributed by atoms with E-state index < -0.39 is 0 Å². The van der Waals surface area contributed by atoms with E-state index in [9.17, 15) is 4.79 Å². The number of hydrogen-bond donors (Lipinski definition) is 0. The predicted octanol–water partition coefficient (Wildman–Crippen LogP) is 1.61. The van der Waals surface area contributed by atoms with Gasteiger partial charge < -0.3 is 9.42 Å². The molecule has 7 nitrogen and oxygen atoms in total. The van der Waals surface area contributed by atoms with Gasteiger partial charge in [-0.1, -0.05) is 19.0 Å². The van der Waals surface area contributed by atoms with Gasteiger partial charge in [-0.15, -0.1) is 0 Å². The van der Waals surface area contributed by atoms with E-state index in [0.29, 0.717) is 30.2 Å². The number of likely N-dealkylation sites (N-methyl/N-ethyl adjacent to an activating group) is 1. The van der Waals surface area contributed by atoms with Gasteiger partial charge in [0.15, 0.2) is 5.82 Å². The summed E-state index contributed by atoms with van der Waals surface area (Å²) >= 11 is 0. The van der Waals surface area contributed by atoms with Crippen LogP contribution in [0.25, 0.3) is 0 Å². The molecule has 2 aromatic heterocycles. The Morgan fingerprint density at radius 3 is 2.52 bits per heavy atom. The second-order valence-corrected chi connectivity index (χ2v) is 5.19. The second kappa shape index (κ2) is 6.43. The van der Waals surface area contributed by atoms with Gasteiger partial charge in [0.25, 0.3) is 5.91 Å². The van der Waals surface area contributed by atoms with E-state index in [1.54, 1.807) is 31.3 Å². The van der Waals surface area contributed by atoms with E-state index in [0.717, 1.165) is 5.82 Å². The Kier molecular flexibility index (Phi) is 4.62. The first-order chi connectivity index (χ1) is 9.97. The molecule has 2 aromatic rings. The van der Waals surface area contributed by atoms with Crippen LogP contribution in [0.2, 0.25) is 0 Å². The maximum atomic E-state index is 12.2. The number of carbonyl (C=O) groups excluding carboxylic acids is 1. The van der Waals surface area contributed by atoms with Crippen LogP contribution in [0.5, 0.6) is 0 Å². The van der Waals surface area contributed by atoms with Crippen LogP contribution in [0.4, 0.5) is 0 Å². The molecule has 2 rings (SSSR count). The van der Waals surface area contributed by atoms with Crippen molar-refractivity contribution >= 4 is 5.91 Å². The van der Waals surface area contributed by atoms with Crippen LogP contribution < -0.4 is 0 Å². The summed E-state index contributed by atoms with van der Waals surface area (Å²) in [7, 11) is 1.73. The van der Waals surface area contributed by atoms with Crippen molar-refractivity contribution in [2.75, 3.05) is 13.6 Å².